The number of fused-ring (bicyclic) bond motifs is 12. The normalized spacial score (nSPS) is 15.5. The number of hydrogen-bond acceptors (Lipinski definition) is 6. The number of nitrogens with one attached hydrogen (secondary N) is 4. The zero-order valence-corrected chi connectivity index (χ0v) is 16.7. The molecule has 4 N–H and O–H groups in total. The third-order valence-corrected chi connectivity index (χ3v) is 5.58. The quantitative estimate of drug-likeness (QED) is 0.337. The van der Waals surface area contributed by atoms with Gasteiger partial charge in [-0.3, -0.25) is 0 Å². The van der Waals surface area contributed by atoms with Crippen LogP contribution in [0.25, 0.3) is 0 Å². The van der Waals surface area contributed by atoms with Gasteiger partial charge in [-0.1, -0.05) is 48.5 Å². The van der Waals surface area contributed by atoms with Gasteiger partial charge < -0.3 is 20.6 Å². The van der Waals surface area contributed by atoms with Crippen LogP contribution in [0.5, 0.6) is 0 Å². The van der Waals surface area contributed by atoms with Gasteiger partial charge in [-0.2, -0.15) is 0 Å². The topological polar surface area (TPSA) is 105 Å². The molecule has 3 aliphatic rings. The van der Waals surface area contributed by atoms with E-state index in [1.165, 1.54) is 0 Å². The number of amidine groups is 4. The molecular weight excluding hydrogens is 400 g/mol. The predicted molar refractivity (Wildman–Crippen MR) is 127 cm³/mol. The van der Waals surface area contributed by atoms with Crippen LogP contribution in [0.4, 0.5) is 23.3 Å². The first-order valence-electron chi connectivity index (χ1n) is 10.3. The molecule has 32 heavy (non-hydrogen) atoms. The minimum atomic E-state index is 0.605. The van der Waals surface area contributed by atoms with Gasteiger partial charge in [0.25, 0.3) is 0 Å². The lowest BCUT2D eigenvalue weighted by molar-refractivity contribution is 1.29. The zero-order valence-electron chi connectivity index (χ0n) is 16.7. The van der Waals surface area contributed by atoms with E-state index < -0.39 is 0 Å². The second-order valence-electron chi connectivity index (χ2n) is 7.65. The number of benzene rings is 2. The summed E-state index contributed by atoms with van der Waals surface area (Å²) in [6, 6.07) is 23.8. The smallest absolute Gasteiger partial charge is 0.164 e. The number of aromatic nitrogens is 2. The Kier molecular flexibility index (Phi) is 3.40. The van der Waals surface area contributed by atoms with Crippen LogP contribution in [0.15, 0.2) is 92.8 Å². The lowest BCUT2D eigenvalue weighted by Gasteiger charge is -2.05. The Labute approximate surface area is 182 Å². The minimum absolute atomic E-state index is 0.605. The highest BCUT2D eigenvalue weighted by molar-refractivity contribution is 6.31. The summed E-state index contributed by atoms with van der Waals surface area (Å²) >= 11 is 0. The maximum atomic E-state index is 4.87. The molecule has 2 aromatic carbocycles. The van der Waals surface area contributed by atoms with Gasteiger partial charge in [-0.15, -0.1) is 0 Å². The third kappa shape index (κ3) is 2.63. The Hall–Kier alpha value is -4.72. The number of anilines is 3. The molecule has 0 fully saturated rings. The fourth-order valence-corrected chi connectivity index (χ4v) is 4.11. The Morgan fingerprint density at radius 2 is 0.969 bits per heavy atom. The lowest BCUT2D eigenvalue weighted by Crippen LogP contribution is -2.11. The van der Waals surface area contributed by atoms with Crippen molar-refractivity contribution in [2.75, 3.05) is 10.6 Å². The highest BCUT2D eigenvalue weighted by Crippen LogP contribution is 2.28. The summed E-state index contributed by atoms with van der Waals surface area (Å²) in [6.45, 7) is 0. The Balaban J connectivity index is 1.46. The summed E-state index contributed by atoms with van der Waals surface area (Å²) in [5, 5.41) is 6.72. The van der Waals surface area contributed by atoms with E-state index in [4.69, 9.17) is 20.0 Å². The van der Waals surface area contributed by atoms with Crippen LogP contribution in [-0.4, -0.2) is 33.3 Å². The maximum Gasteiger partial charge on any atom is 0.164 e. The molecule has 0 saturated carbocycles. The molecular formula is C24H16N8. The molecule has 8 nitrogen and oxygen atoms in total. The molecule has 2 aromatic heterocycles. The van der Waals surface area contributed by atoms with E-state index in [0.717, 1.165) is 45.5 Å². The summed E-state index contributed by atoms with van der Waals surface area (Å²) < 4.78 is 0. The molecule has 0 spiro atoms. The molecule has 8 bridgehead atoms. The predicted octanol–water partition coefficient (Wildman–Crippen LogP) is 4.56. The van der Waals surface area contributed by atoms with Crippen molar-refractivity contribution >= 4 is 46.6 Å². The summed E-state index contributed by atoms with van der Waals surface area (Å²) in [5.41, 5.74) is 3.84. The van der Waals surface area contributed by atoms with Crippen molar-refractivity contribution in [3.63, 3.8) is 0 Å². The summed E-state index contributed by atoms with van der Waals surface area (Å²) in [5.74, 6) is 5.78. The van der Waals surface area contributed by atoms with E-state index in [1.54, 1.807) is 0 Å². The first-order chi connectivity index (χ1) is 15.8. The second kappa shape index (κ2) is 6.39. The van der Waals surface area contributed by atoms with Crippen LogP contribution in [0, 0.1) is 0 Å². The van der Waals surface area contributed by atoms with Gasteiger partial charge in [0.1, 0.15) is 29.1 Å². The van der Waals surface area contributed by atoms with Crippen molar-refractivity contribution < 1.29 is 0 Å². The summed E-state index contributed by atoms with van der Waals surface area (Å²) in [6.07, 6.45) is 0. The van der Waals surface area contributed by atoms with Crippen LogP contribution in [0.3, 0.4) is 0 Å². The first kappa shape index (κ1) is 17.0. The molecule has 0 saturated heterocycles. The molecule has 152 valence electrons. The fourth-order valence-electron chi connectivity index (χ4n) is 4.11. The number of rotatable bonds is 0. The van der Waals surface area contributed by atoms with E-state index in [1.807, 2.05) is 72.8 Å². The number of aliphatic imine (C=N–C) groups is 4. The molecule has 8 heteroatoms. The Morgan fingerprint density at radius 1 is 0.438 bits per heavy atom. The number of hydrogen-bond donors (Lipinski definition) is 4. The highest BCUT2D eigenvalue weighted by Gasteiger charge is 2.26. The fraction of sp³-hybridized carbons (Fsp3) is 0. The maximum absolute atomic E-state index is 4.87. The average Bonchev–Trinajstić information content (AvgIpc) is 3.58. The van der Waals surface area contributed by atoms with Crippen LogP contribution in [0.2, 0.25) is 0 Å². The van der Waals surface area contributed by atoms with Crippen LogP contribution in [-0.2, 0) is 0 Å². The van der Waals surface area contributed by atoms with Gasteiger partial charge in [0.15, 0.2) is 17.5 Å². The molecule has 0 radical (unpaired) electrons. The van der Waals surface area contributed by atoms with E-state index in [-0.39, 0.29) is 0 Å². The molecule has 0 unspecified atom stereocenters. The number of H-pyrrole nitrogens is 2. The third-order valence-electron chi connectivity index (χ3n) is 5.58. The number of aromatic amines is 2. The van der Waals surface area contributed by atoms with Gasteiger partial charge in [-0.25, -0.2) is 20.0 Å². The van der Waals surface area contributed by atoms with Crippen LogP contribution >= 0.6 is 0 Å². The van der Waals surface area contributed by atoms with Crippen LogP contribution in [0.1, 0.15) is 22.3 Å². The van der Waals surface area contributed by atoms with Crippen molar-refractivity contribution in [2.45, 2.75) is 0 Å². The molecule has 0 atom stereocenters. The molecule has 0 aliphatic carbocycles. The van der Waals surface area contributed by atoms with Gasteiger partial charge in [0.2, 0.25) is 0 Å². The van der Waals surface area contributed by atoms with Gasteiger partial charge in [0.05, 0.1) is 0 Å². The largest absolute Gasteiger partial charge is 0.328 e. The van der Waals surface area contributed by atoms with E-state index in [2.05, 4.69) is 20.6 Å². The van der Waals surface area contributed by atoms with E-state index >= 15 is 0 Å². The van der Waals surface area contributed by atoms with Crippen molar-refractivity contribution in [1.29, 1.82) is 0 Å². The zero-order chi connectivity index (χ0) is 21.1. The van der Waals surface area contributed by atoms with Crippen molar-refractivity contribution in [1.82, 2.24) is 9.97 Å². The van der Waals surface area contributed by atoms with E-state index in [9.17, 15) is 0 Å². The van der Waals surface area contributed by atoms with Gasteiger partial charge >= 0.3 is 0 Å². The van der Waals surface area contributed by atoms with Crippen molar-refractivity contribution in [3.05, 3.63) is 95.1 Å². The molecule has 0 amide bonds. The standard InChI is InChI=1S/C24H16N8/c1-3-7-15-13(5-1)21-28-19-11-9-17(26-19)25-18-10-12-20(27-18)29-22-14-6-2-4-8-16(14)24(31-22)32-23(15)30-21/h1-12,25-27H,(H,28,29,30,31,32). The van der Waals surface area contributed by atoms with Gasteiger partial charge in [0, 0.05) is 22.3 Å². The monoisotopic (exact) mass is 416 g/mol. The summed E-state index contributed by atoms with van der Waals surface area (Å²) in [7, 11) is 0. The molecule has 4 aromatic rings. The first-order valence-corrected chi connectivity index (χ1v) is 10.3. The summed E-state index contributed by atoms with van der Waals surface area (Å²) in [4.78, 5) is 25.8. The SMILES string of the molecule is c1ccc2c(c1)C1=NC2=Nc2ccc([nH]2)Nc2ccc([nH]2)NC2=NC(=N1)c1ccccc12. The lowest BCUT2D eigenvalue weighted by atomic mass is 10.1. The Morgan fingerprint density at radius 3 is 1.72 bits per heavy atom. The molecule has 3 aliphatic heterocycles. The number of nitrogens with zero attached hydrogens (tertiary/aromatic N) is 4. The van der Waals surface area contributed by atoms with Gasteiger partial charge in [-0.05, 0) is 24.3 Å². The minimum Gasteiger partial charge on any atom is -0.328 e. The second-order valence-corrected chi connectivity index (χ2v) is 7.65. The van der Waals surface area contributed by atoms with Crippen molar-refractivity contribution in [2.24, 2.45) is 20.0 Å². The van der Waals surface area contributed by atoms with E-state index in [0.29, 0.717) is 23.3 Å². The van der Waals surface area contributed by atoms with Crippen LogP contribution < -0.4 is 10.6 Å². The highest BCUT2D eigenvalue weighted by atomic mass is 15.2. The molecule has 5 heterocycles. The molecule has 7 rings (SSSR count). The average molecular weight is 416 g/mol. The Bertz CT molecular complexity index is 1530. The van der Waals surface area contributed by atoms with Crippen molar-refractivity contribution in [3.8, 4) is 0 Å².